The van der Waals surface area contributed by atoms with Gasteiger partial charge in [0.25, 0.3) is 10.0 Å². The minimum atomic E-state index is -3.87. The molecule has 1 N–H and O–H groups in total. The first-order chi connectivity index (χ1) is 14.7. The van der Waals surface area contributed by atoms with Crippen LogP contribution in [0.1, 0.15) is 17.0 Å². The summed E-state index contributed by atoms with van der Waals surface area (Å²) in [6, 6.07) is 14.6. The first kappa shape index (κ1) is 21.4. The Labute approximate surface area is 190 Å². The number of para-hydroxylation sites is 1. The van der Waals surface area contributed by atoms with Crippen molar-refractivity contribution in [2.75, 3.05) is 4.72 Å². The second kappa shape index (κ2) is 8.37. The number of anilines is 1. The number of halogens is 2. The Kier molecular flexibility index (Phi) is 5.79. The highest BCUT2D eigenvalue weighted by molar-refractivity contribution is 7.92. The fourth-order valence-electron chi connectivity index (χ4n) is 3.37. The van der Waals surface area contributed by atoms with E-state index >= 15 is 0 Å². The number of nitrogens with one attached hydrogen (secondary N) is 1. The summed E-state index contributed by atoms with van der Waals surface area (Å²) in [4.78, 5) is 0.143. The fourth-order valence-corrected chi connectivity index (χ4v) is 5.26. The molecule has 0 fully saturated rings. The molecule has 0 amide bonds. The molecule has 10 heteroatoms. The van der Waals surface area contributed by atoms with Crippen molar-refractivity contribution in [3.05, 3.63) is 87.9 Å². The topological polar surface area (TPSA) is 81.8 Å². The van der Waals surface area contributed by atoms with Crippen LogP contribution >= 0.6 is 23.2 Å². The molecule has 0 aliphatic rings. The molecule has 0 bridgehead atoms. The Morgan fingerprint density at radius 2 is 1.81 bits per heavy atom. The van der Waals surface area contributed by atoms with Gasteiger partial charge in [0.15, 0.2) is 0 Å². The van der Waals surface area contributed by atoms with Crippen LogP contribution in [0.4, 0.5) is 5.69 Å². The summed E-state index contributed by atoms with van der Waals surface area (Å²) < 4.78 is 32.0. The summed E-state index contributed by atoms with van der Waals surface area (Å²) in [6.07, 6.45) is 3.06. The highest BCUT2D eigenvalue weighted by atomic mass is 35.5. The van der Waals surface area contributed by atoms with Crippen LogP contribution in [-0.2, 0) is 16.6 Å². The quantitative estimate of drug-likeness (QED) is 0.432. The zero-order valence-corrected chi connectivity index (χ0v) is 19.1. The van der Waals surface area contributed by atoms with Gasteiger partial charge in [0.1, 0.15) is 4.90 Å². The van der Waals surface area contributed by atoms with E-state index in [1.54, 1.807) is 47.6 Å². The average Bonchev–Trinajstić information content (AvgIpc) is 3.27. The van der Waals surface area contributed by atoms with Gasteiger partial charge in [-0.15, -0.1) is 0 Å². The number of benzene rings is 2. The molecule has 0 saturated carbocycles. The van der Waals surface area contributed by atoms with Gasteiger partial charge in [-0.1, -0.05) is 47.5 Å². The van der Waals surface area contributed by atoms with E-state index in [1.165, 1.54) is 6.20 Å². The minimum Gasteiger partial charge on any atom is -0.276 e. The second-order valence-electron chi connectivity index (χ2n) is 7.02. The fraction of sp³-hybridized carbons (Fsp3) is 0.143. The molecule has 0 spiro atoms. The second-order valence-corrected chi connectivity index (χ2v) is 9.48. The van der Waals surface area contributed by atoms with E-state index in [9.17, 15) is 8.42 Å². The van der Waals surface area contributed by atoms with Crippen molar-refractivity contribution >= 4 is 38.9 Å². The molecule has 0 atom stereocenters. The van der Waals surface area contributed by atoms with Crippen LogP contribution in [-0.4, -0.2) is 28.0 Å². The Morgan fingerprint density at radius 1 is 1.06 bits per heavy atom. The Hall–Kier alpha value is -2.81. The highest BCUT2D eigenvalue weighted by Crippen LogP contribution is 2.25. The van der Waals surface area contributed by atoms with Gasteiger partial charge in [0.2, 0.25) is 0 Å². The molecule has 2 aromatic carbocycles. The Morgan fingerprint density at radius 3 is 2.52 bits per heavy atom. The summed E-state index contributed by atoms with van der Waals surface area (Å²) in [5, 5.41) is 9.71. The standard InChI is InChI=1S/C21H19Cl2N5O2S/c1-14-21(15(2)28(25-14)19-6-4-3-5-7-19)31(29,30)26-18-11-24-27(13-18)12-16-8-9-17(22)10-20(16)23/h3-11,13,26H,12H2,1-2H3. The molecule has 0 aliphatic heterocycles. The molecule has 4 aromatic rings. The zero-order chi connectivity index (χ0) is 22.2. The van der Waals surface area contributed by atoms with Crippen molar-refractivity contribution in [1.82, 2.24) is 19.6 Å². The van der Waals surface area contributed by atoms with Gasteiger partial charge in [-0.2, -0.15) is 10.2 Å². The van der Waals surface area contributed by atoms with Crippen LogP contribution in [0.5, 0.6) is 0 Å². The maximum Gasteiger partial charge on any atom is 0.265 e. The molecule has 2 heterocycles. The Bertz CT molecular complexity index is 1350. The molecule has 0 aliphatic carbocycles. The van der Waals surface area contributed by atoms with E-state index < -0.39 is 10.0 Å². The molecule has 0 unspecified atom stereocenters. The lowest BCUT2D eigenvalue weighted by atomic mass is 10.2. The van der Waals surface area contributed by atoms with Crippen LogP contribution in [0, 0.1) is 13.8 Å². The summed E-state index contributed by atoms with van der Waals surface area (Å²) in [5.41, 5.74) is 2.89. The third kappa shape index (κ3) is 4.46. The van der Waals surface area contributed by atoms with Gasteiger partial charge >= 0.3 is 0 Å². The Balaban J connectivity index is 1.58. The van der Waals surface area contributed by atoms with Crippen LogP contribution in [0.25, 0.3) is 5.69 Å². The maximum atomic E-state index is 13.1. The molecule has 31 heavy (non-hydrogen) atoms. The first-order valence-electron chi connectivity index (χ1n) is 9.35. The predicted molar refractivity (Wildman–Crippen MR) is 122 cm³/mol. The summed E-state index contributed by atoms with van der Waals surface area (Å²) in [7, 11) is -3.87. The summed E-state index contributed by atoms with van der Waals surface area (Å²) in [5.74, 6) is 0. The molecule has 2 aromatic heterocycles. The molecular formula is C21H19Cl2N5O2S. The zero-order valence-electron chi connectivity index (χ0n) is 16.8. The van der Waals surface area contributed by atoms with Crippen molar-refractivity contribution in [2.24, 2.45) is 0 Å². The predicted octanol–water partition coefficient (Wildman–Crippen LogP) is 4.84. The third-order valence-electron chi connectivity index (χ3n) is 4.73. The van der Waals surface area contributed by atoms with Crippen molar-refractivity contribution in [3.63, 3.8) is 0 Å². The minimum absolute atomic E-state index is 0.143. The summed E-state index contributed by atoms with van der Waals surface area (Å²) in [6.45, 7) is 3.78. The van der Waals surface area contributed by atoms with Gasteiger partial charge in [-0.05, 0) is 43.7 Å². The van der Waals surface area contributed by atoms with Crippen LogP contribution in [0.3, 0.4) is 0 Å². The van der Waals surface area contributed by atoms with Gasteiger partial charge in [-0.25, -0.2) is 13.1 Å². The number of sulfonamides is 1. The molecule has 0 radical (unpaired) electrons. The van der Waals surface area contributed by atoms with E-state index in [4.69, 9.17) is 23.2 Å². The maximum absolute atomic E-state index is 13.1. The average molecular weight is 476 g/mol. The largest absolute Gasteiger partial charge is 0.276 e. The number of nitrogens with zero attached hydrogens (tertiary/aromatic N) is 4. The van der Waals surface area contributed by atoms with E-state index in [-0.39, 0.29) is 4.90 Å². The van der Waals surface area contributed by atoms with E-state index in [0.717, 1.165) is 11.3 Å². The van der Waals surface area contributed by atoms with Crippen molar-refractivity contribution in [2.45, 2.75) is 25.3 Å². The first-order valence-corrected chi connectivity index (χ1v) is 11.6. The number of rotatable bonds is 6. The van der Waals surface area contributed by atoms with Gasteiger partial charge in [0, 0.05) is 16.2 Å². The van der Waals surface area contributed by atoms with Crippen LogP contribution in [0.2, 0.25) is 10.0 Å². The molecule has 7 nitrogen and oxygen atoms in total. The lowest BCUT2D eigenvalue weighted by Gasteiger charge is -2.08. The van der Waals surface area contributed by atoms with E-state index in [1.807, 2.05) is 30.3 Å². The lowest BCUT2D eigenvalue weighted by Crippen LogP contribution is -2.14. The molecular weight excluding hydrogens is 457 g/mol. The number of hydrogen-bond acceptors (Lipinski definition) is 4. The number of aryl methyl sites for hydroxylation is 1. The van der Waals surface area contributed by atoms with Gasteiger partial charge in [0.05, 0.1) is 35.5 Å². The third-order valence-corrected chi connectivity index (χ3v) is 6.95. The molecule has 160 valence electrons. The molecule has 4 rings (SSSR count). The van der Waals surface area contributed by atoms with E-state index in [0.29, 0.717) is 33.7 Å². The summed E-state index contributed by atoms with van der Waals surface area (Å²) >= 11 is 12.1. The normalized spacial score (nSPS) is 11.6. The number of hydrogen-bond donors (Lipinski definition) is 1. The van der Waals surface area contributed by atoms with Gasteiger partial charge < -0.3 is 0 Å². The van der Waals surface area contributed by atoms with Crippen molar-refractivity contribution in [3.8, 4) is 5.69 Å². The molecule has 0 saturated heterocycles. The highest BCUT2D eigenvalue weighted by Gasteiger charge is 2.25. The SMILES string of the molecule is Cc1nn(-c2ccccc2)c(C)c1S(=O)(=O)Nc1cnn(Cc2ccc(Cl)cc2Cl)c1. The van der Waals surface area contributed by atoms with E-state index in [2.05, 4.69) is 14.9 Å². The van der Waals surface area contributed by atoms with Gasteiger partial charge in [-0.3, -0.25) is 9.40 Å². The number of aromatic nitrogens is 4. The van der Waals surface area contributed by atoms with Crippen LogP contribution < -0.4 is 4.72 Å². The van der Waals surface area contributed by atoms with Crippen LogP contribution in [0.15, 0.2) is 65.8 Å². The lowest BCUT2D eigenvalue weighted by molar-refractivity contribution is 0.600. The smallest absolute Gasteiger partial charge is 0.265 e. The monoisotopic (exact) mass is 475 g/mol. The van der Waals surface area contributed by atoms with Crippen molar-refractivity contribution in [1.29, 1.82) is 0 Å². The van der Waals surface area contributed by atoms with Crippen molar-refractivity contribution < 1.29 is 8.42 Å².